The molecule has 5 nitrogen and oxygen atoms in total. The van der Waals surface area contributed by atoms with Crippen molar-refractivity contribution >= 4 is 23.6 Å². The molecule has 24 heavy (non-hydrogen) atoms. The fourth-order valence-electron chi connectivity index (χ4n) is 2.79. The van der Waals surface area contributed by atoms with Crippen LogP contribution < -0.4 is 0 Å². The van der Waals surface area contributed by atoms with E-state index in [2.05, 4.69) is 16.1 Å². The van der Waals surface area contributed by atoms with Crippen LogP contribution in [0.4, 0.5) is 0 Å². The van der Waals surface area contributed by atoms with Gasteiger partial charge in [0.25, 0.3) is 0 Å². The summed E-state index contributed by atoms with van der Waals surface area (Å²) in [6.45, 7) is 4.02. The smallest absolute Gasteiger partial charge is 0.246 e. The lowest BCUT2D eigenvalue weighted by molar-refractivity contribution is -0.127. The highest BCUT2D eigenvalue weighted by Crippen LogP contribution is 2.18. The Morgan fingerprint density at radius 1 is 1.25 bits per heavy atom. The van der Waals surface area contributed by atoms with Crippen molar-refractivity contribution in [1.29, 1.82) is 0 Å². The van der Waals surface area contributed by atoms with Crippen molar-refractivity contribution in [1.82, 2.24) is 19.6 Å². The first-order valence-corrected chi connectivity index (χ1v) is 8.41. The lowest BCUT2D eigenvalue weighted by Crippen LogP contribution is -2.47. The second-order valence-corrected chi connectivity index (χ2v) is 6.38. The minimum atomic E-state index is 0.0521. The molecule has 126 valence electrons. The standard InChI is InChI=1S/C18H21ClN4O/c1-21-13-15(12-20-21)6-7-18(24)23-10-8-22(9-11-23)14-16-4-2-3-5-17(16)19/h2-7,12-13H,8-11,14H2,1H3/b7-6+. The minimum absolute atomic E-state index is 0.0521. The topological polar surface area (TPSA) is 41.4 Å². The Morgan fingerprint density at radius 2 is 2.00 bits per heavy atom. The van der Waals surface area contributed by atoms with E-state index < -0.39 is 0 Å². The van der Waals surface area contributed by atoms with Crippen molar-refractivity contribution in [2.24, 2.45) is 7.05 Å². The highest BCUT2D eigenvalue weighted by atomic mass is 35.5. The van der Waals surface area contributed by atoms with E-state index in [1.54, 1.807) is 17.0 Å². The molecule has 0 bridgehead atoms. The number of aromatic nitrogens is 2. The summed E-state index contributed by atoms with van der Waals surface area (Å²) in [4.78, 5) is 16.5. The van der Waals surface area contributed by atoms with E-state index in [4.69, 9.17) is 11.6 Å². The van der Waals surface area contributed by atoms with Gasteiger partial charge in [0.1, 0.15) is 0 Å². The average Bonchev–Trinajstić information content (AvgIpc) is 3.01. The van der Waals surface area contributed by atoms with Crippen molar-refractivity contribution in [3.05, 3.63) is 58.9 Å². The molecule has 2 heterocycles. The first kappa shape index (κ1) is 16.7. The molecule has 3 rings (SSSR count). The Hall–Kier alpha value is -2.11. The maximum Gasteiger partial charge on any atom is 0.246 e. The van der Waals surface area contributed by atoms with E-state index in [1.807, 2.05) is 42.4 Å². The second-order valence-electron chi connectivity index (χ2n) is 5.97. The second kappa shape index (κ2) is 7.64. The predicted molar refractivity (Wildman–Crippen MR) is 95.6 cm³/mol. The van der Waals surface area contributed by atoms with Gasteiger partial charge in [-0.15, -0.1) is 0 Å². The molecule has 0 radical (unpaired) electrons. The van der Waals surface area contributed by atoms with Gasteiger partial charge in [-0.3, -0.25) is 14.4 Å². The van der Waals surface area contributed by atoms with Crippen molar-refractivity contribution in [3.63, 3.8) is 0 Å². The van der Waals surface area contributed by atoms with Crippen LogP contribution in [0, 0.1) is 0 Å². The van der Waals surface area contributed by atoms with E-state index in [0.717, 1.165) is 48.9 Å². The van der Waals surface area contributed by atoms with Crippen LogP contribution in [-0.2, 0) is 18.4 Å². The molecule has 0 unspecified atom stereocenters. The highest BCUT2D eigenvalue weighted by molar-refractivity contribution is 6.31. The van der Waals surface area contributed by atoms with E-state index in [9.17, 15) is 4.79 Å². The number of carbonyl (C=O) groups is 1. The maximum absolute atomic E-state index is 12.3. The summed E-state index contributed by atoms with van der Waals surface area (Å²) in [7, 11) is 1.86. The number of halogens is 1. The summed E-state index contributed by atoms with van der Waals surface area (Å²) >= 11 is 6.22. The Bertz CT molecular complexity index is 732. The monoisotopic (exact) mass is 344 g/mol. The number of rotatable bonds is 4. The zero-order valence-electron chi connectivity index (χ0n) is 13.7. The van der Waals surface area contributed by atoms with Gasteiger partial charge < -0.3 is 4.90 Å². The van der Waals surface area contributed by atoms with Crippen LogP contribution in [0.25, 0.3) is 6.08 Å². The van der Waals surface area contributed by atoms with Gasteiger partial charge in [0, 0.05) is 62.6 Å². The number of carbonyl (C=O) groups excluding carboxylic acids is 1. The molecule has 0 saturated carbocycles. The predicted octanol–water partition coefficient (Wildman–Crippen LogP) is 2.43. The summed E-state index contributed by atoms with van der Waals surface area (Å²) in [6, 6.07) is 7.91. The molecule has 1 saturated heterocycles. The van der Waals surface area contributed by atoms with Gasteiger partial charge >= 0.3 is 0 Å². The van der Waals surface area contributed by atoms with E-state index >= 15 is 0 Å². The largest absolute Gasteiger partial charge is 0.337 e. The van der Waals surface area contributed by atoms with Gasteiger partial charge in [-0.1, -0.05) is 29.8 Å². The lowest BCUT2D eigenvalue weighted by Gasteiger charge is -2.34. The van der Waals surface area contributed by atoms with Crippen molar-refractivity contribution in [2.75, 3.05) is 26.2 Å². The molecule has 1 amide bonds. The molecule has 1 aromatic heterocycles. The van der Waals surface area contributed by atoms with Gasteiger partial charge in [0.05, 0.1) is 6.20 Å². The molecule has 1 aliphatic heterocycles. The SMILES string of the molecule is Cn1cc(/C=C/C(=O)N2CCN(Cc3ccccc3Cl)CC2)cn1. The average molecular weight is 345 g/mol. The molecular formula is C18H21ClN4O. The van der Waals surface area contributed by atoms with Gasteiger partial charge in [-0.2, -0.15) is 5.10 Å². The molecule has 1 aromatic carbocycles. The van der Waals surface area contributed by atoms with Crippen LogP contribution in [0.2, 0.25) is 5.02 Å². The molecule has 6 heteroatoms. The lowest BCUT2D eigenvalue weighted by atomic mass is 10.2. The Labute approximate surface area is 147 Å². The Morgan fingerprint density at radius 3 is 2.67 bits per heavy atom. The molecule has 0 atom stereocenters. The third-order valence-electron chi connectivity index (χ3n) is 4.18. The molecular weight excluding hydrogens is 324 g/mol. The van der Waals surface area contributed by atoms with Gasteiger partial charge in [-0.25, -0.2) is 0 Å². The van der Waals surface area contributed by atoms with E-state index in [1.165, 1.54) is 0 Å². The summed E-state index contributed by atoms with van der Waals surface area (Å²) in [5.41, 5.74) is 2.07. The van der Waals surface area contributed by atoms with Crippen LogP contribution >= 0.6 is 11.6 Å². The first-order chi connectivity index (χ1) is 11.6. The zero-order valence-corrected chi connectivity index (χ0v) is 14.5. The highest BCUT2D eigenvalue weighted by Gasteiger charge is 2.20. The Balaban J connectivity index is 1.50. The first-order valence-electron chi connectivity index (χ1n) is 8.03. The van der Waals surface area contributed by atoms with Gasteiger partial charge in [-0.05, 0) is 17.7 Å². The number of hydrogen-bond donors (Lipinski definition) is 0. The summed E-state index contributed by atoms with van der Waals surface area (Å²) in [5.74, 6) is 0.0521. The van der Waals surface area contributed by atoms with E-state index in [-0.39, 0.29) is 5.91 Å². The number of piperazine rings is 1. The quantitative estimate of drug-likeness (QED) is 0.800. The normalized spacial score (nSPS) is 16.0. The summed E-state index contributed by atoms with van der Waals surface area (Å²) in [5, 5.41) is 4.89. The fourth-order valence-corrected chi connectivity index (χ4v) is 2.99. The van der Waals surface area contributed by atoms with Crippen LogP contribution in [0.3, 0.4) is 0 Å². The van der Waals surface area contributed by atoms with Crippen molar-refractivity contribution < 1.29 is 4.79 Å². The van der Waals surface area contributed by atoms with Gasteiger partial charge in [0.15, 0.2) is 0 Å². The molecule has 0 aliphatic carbocycles. The maximum atomic E-state index is 12.3. The number of benzene rings is 1. The summed E-state index contributed by atoms with van der Waals surface area (Å²) in [6.07, 6.45) is 7.06. The third kappa shape index (κ3) is 4.24. The number of aryl methyl sites for hydroxylation is 1. The van der Waals surface area contributed by atoms with Crippen molar-refractivity contribution in [2.45, 2.75) is 6.54 Å². The molecule has 0 spiro atoms. The molecule has 1 aliphatic rings. The zero-order chi connectivity index (χ0) is 16.9. The molecule has 0 N–H and O–H groups in total. The number of amides is 1. The molecule has 2 aromatic rings. The summed E-state index contributed by atoms with van der Waals surface area (Å²) < 4.78 is 1.72. The number of hydrogen-bond acceptors (Lipinski definition) is 3. The number of nitrogens with zero attached hydrogens (tertiary/aromatic N) is 4. The van der Waals surface area contributed by atoms with E-state index in [0.29, 0.717) is 0 Å². The van der Waals surface area contributed by atoms with Crippen LogP contribution in [0.15, 0.2) is 42.7 Å². The minimum Gasteiger partial charge on any atom is -0.337 e. The Kier molecular flexibility index (Phi) is 5.33. The third-order valence-corrected chi connectivity index (χ3v) is 4.55. The van der Waals surface area contributed by atoms with Crippen molar-refractivity contribution in [3.8, 4) is 0 Å². The van der Waals surface area contributed by atoms with Crippen LogP contribution in [0.1, 0.15) is 11.1 Å². The van der Waals surface area contributed by atoms with Gasteiger partial charge in [0.2, 0.25) is 5.91 Å². The fraction of sp³-hybridized carbons (Fsp3) is 0.333. The van der Waals surface area contributed by atoms with Crippen LogP contribution in [-0.4, -0.2) is 51.7 Å². The van der Waals surface area contributed by atoms with Crippen LogP contribution in [0.5, 0.6) is 0 Å². The molecule has 1 fully saturated rings.